The van der Waals surface area contributed by atoms with Gasteiger partial charge in [-0.1, -0.05) is 12.1 Å². The van der Waals surface area contributed by atoms with Crippen LogP contribution in [0.4, 0.5) is 0 Å². The fourth-order valence-corrected chi connectivity index (χ4v) is 2.50. The van der Waals surface area contributed by atoms with Crippen molar-refractivity contribution < 1.29 is 13.2 Å². The molecule has 0 aromatic heterocycles. The predicted molar refractivity (Wildman–Crippen MR) is 78.1 cm³/mol. The van der Waals surface area contributed by atoms with Crippen LogP contribution in [0.15, 0.2) is 41.8 Å². The van der Waals surface area contributed by atoms with Crippen molar-refractivity contribution in [1.82, 2.24) is 15.4 Å². The van der Waals surface area contributed by atoms with Crippen molar-refractivity contribution in [2.24, 2.45) is 0 Å². The van der Waals surface area contributed by atoms with E-state index in [9.17, 15) is 13.2 Å². The molecule has 1 rings (SSSR count). The van der Waals surface area contributed by atoms with Gasteiger partial charge < -0.3 is 10.6 Å². The van der Waals surface area contributed by atoms with Crippen LogP contribution >= 0.6 is 0 Å². The SMILES string of the molecule is C=CCNS(=O)(=O)c1cccc(C(=O)NCCNC)c1. The lowest BCUT2D eigenvalue weighted by atomic mass is 10.2. The maximum absolute atomic E-state index is 11.9. The molecular weight excluding hydrogens is 278 g/mol. The number of sulfonamides is 1. The zero-order valence-electron chi connectivity index (χ0n) is 11.3. The summed E-state index contributed by atoms with van der Waals surface area (Å²) in [7, 11) is -1.83. The third kappa shape index (κ3) is 4.76. The van der Waals surface area contributed by atoms with Crippen LogP contribution in [0.1, 0.15) is 10.4 Å². The van der Waals surface area contributed by atoms with Gasteiger partial charge in [-0.15, -0.1) is 6.58 Å². The van der Waals surface area contributed by atoms with Gasteiger partial charge in [-0.3, -0.25) is 4.79 Å². The molecule has 1 aromatic carbocycles. The van der Waals surface area contributed by atoms with Gasteiger partial charge in [0, 0.05) is 25.2 Å². The fourth-order valence-electron chi connectivity index (χ4n) is 1.46. The van der Waals surface area contributed by atoms with Crippen molar-refractivity contribution in [2.75, 3.05) is 26.7 Å². The molecule has 3 N–H and O–H groups in total. The third-order valence-electron chi connectivity index (χ3n) is 2.48. The first kappa shape index (κ1) is 16.4. The van der Waals surface area contributed by atoms with E-state index in [-0.39, 0.29) is 17.3 Å². The predicted octanol–water partition coefficient (Wildman–Crippen LogP) is 0.100. The van der Waals surface area contributed by atoms with Gasteiger partial charge in [0.25, 0.3) is 5.91 Å². The van der Waals surface area contributed by atoms with E-state index < -0.39 is 10.0 Å². The molecule has 20 heavy (non-hydrogen) atoms. The highest BCUT2D eigenvalue weighted by Crippen LogP contribution is 2.11. The number of rotatable bonds is 8. The van der Waals surface area contributed by atoms with Gasteiger partial charge in [0.15, 0.2) is 0 Å². The van der Waals surface area contributed by atoms with Crippen LogP contribution < -0.4 is 15.4 Å². The summed E-state index contributed by atoms with van der Waals surface area (Å²) in [5, 5.41) is 5.59. The summed E-state index contributed by atoms with van der Waals surface area (Å²) in [5.74, 6) is -0.305. The Morgan fingerprint density at radius 1 is 1.35 bits per heavy atom. The van der Waals surface area contributed by atoms with E-state index in [4.69, 9.17) is 0 Å². The van der Waals surface area contributed by atoms with E-state index in [0.717, 1.165) is 0 Å². The largest absolute Gasteiger partial charge is 0.351 e. The molecule has 0 spiro atoms. The van der Waals surface area contributed by atoms with Crippen LogP contribution in [0.25, 0.3) is 0 Å². The first-order chi connectivity index (χ1) is 9.51. The maximum atomic E-state index is 11.9. The van der Waals surface area contributed by atoms with Gasteiger partial charge in [0.05, 0.1) is 4.90 Å². The van der Waals surface area contributed by atoms with E-state index in [2.05, 4.69) is 21.9 Å². The molecule has 0 unspecified atom stereocenters. The number of likely N-dealkylation sites (N-methyl/N-ethyl adjacent to an activating group) is 1. The second-order valence-corrected chi connectivity index (χ2v) is 5.79. The Balaban J connectivity index is 2.85. The molecular formula is C13H19N3O3S. The van der Waals surface area contributed by atoms with Gasteiger partial charge in [0.1, 0.15) is 0 Å². The van der Waals surface area contributed by atoms with E-state index in [0.29, 0.717) is 18.7 Å². The van der Waals surface area contributed by atoms with Crippen molar-refractivity contribution >= 4 is 15.9 Å². The standard InChI is InChI=1S/C13H19N3O3S/c1-3-7-16-20(18,19)12-6-4-5-11(10-12)13(17)15-9-8-14-2/h3-6,10,14,16H,1,7-9H2,2H3,(H,15,17). The van der Waals surface area contributed by atoms with Gasteiger partial charge in [-0.05, 0) is 25.2 Å². The second-order valence-electron chi connectivity index (χ2n) is 4.03. The Morgan fingerprint density at radius 2 is 2.10 bits per heavy atom. The Hall–Kier alpha value is -1.70. The number of amides is 1. The normalized spacial score (nSPS) is 11.1. The lowest BCUT2D eigenvalue weighted by molar-refractivity contribution is 0.0954. The maximum Gasteiger partial charge on any atom is 0.251 e. The highest BCUT2D eigenvalue weighted by Gasteiger charge is 2.15. The fraction of sp³-hybridized carbons (Fsp3) is 0.308. The average molecular weight is 297 g/mol. The van der Waals surface area contributed by atoms with E-state index in [1.54, 1.807) is 13.1 Å². The minimum atomic E-state index is -3.62. The van der Waals surface area contributed by atoms with Crippen LogP contribution in [0.2, 0.25) is 0 Å². The van der Waals surface area contributed by atoms with Crippen LogP contribution in [-0.2, 0) is 10.0 Å². The molecule has 0 aliphatic carbocycles. The molecule has 0 heterocycles. The Morgan fingerprint density at radius 3 is 2.75 bits per heavy atom. The van der Waals surface area contributed by atoms with Gasteiger partial charge in [-0.25, -0.2) is 13.1 Å². The molecule has 0 aliphatic heterocycles. The van der Waals surface area contributed by atoms with Crippen molar-refractivity contribution in [3.05, 3.63) is 42.5 Å². The van der Waals surface area contributed by atoms with E-state index in [1.807, 2.05) is 0 Å². The highest BCUT2D eigenvalue weighted by atomic mass is 32.2. The molecule has 0 atom stereocenters. The zero-order valence-corrected chi connectivity index (χ0v) is 12.2. The van der Waals surface area contributed by atoms with Gasteiger partial charge in [0.2, 0.25) is 10.0 Å². The molecule has 0 aliphatic rings. The Labute approximate surface area is 119 Å². The lowest BCUT2D eigenvalue weighted by Crippen LogP contribution is -2.30. The smallest absolute Gasteiger partial charge is 0.251 e. The summed E-state index contributed by atoms with van der Waals surface area (Å²) in [6.07, 6.45) is 1.45. The van der Waals surface area contributed by atoms with Crippen molar-refractivity contribution in [2.45, 2.75) is 4.90 Å². The summed E-state index contributed by atoms with van der Waals surface area (Å²) >= 11 is 0. The Bertz CT molecular complexity index is 570. The van der Waals surface area contributed by atoms with Crippen molar-refractivity contribution in [3.8, 4) is 0 Å². The van der Waals surface area contributed by atoms with Crippen LogP contribution in [-0.4, -0.2) is 41.0 Å². The van der Waals surface area contributed by atoms with Crippen LogP contribution in [0.3, 0.4) is 0 Å². The van der Waals surface area contributed by atoms with Gasteiger partial charge >= 0.3 is 0 Å². The molecule has 0 radical (unpaired) electrons. The first-order valence-electron chi connectivity index (χ1n) is 6.14. The Kier molecular flexibility index (Phi) is 6.37. The molecule has 1 amide bonds. The van der Waals surface area contributed by atoms with Crippen LogP contribution in [0.5, 0.6) is 0 Å². The average Bonchev–Trinajstić information content (AvgIpc) is 2.45. The number of carbonyl (C=O) groups excluding carboxylic acids is 1. The molecule has 0 bridgehead atoms. The topological polar surface area (TPSA) is 87.3 Å². The van der Waals surface area contributed by atoms with Crippen LogP contribution in [0, 0.1) is 0 Å². The monoisotopic (exact) mass is 297 g/mol. The number of carbonyl (C=O) groups is 1. The number of nitrogens with one attached hydrogen (secondary N) is 3. The van der Waals surface area contributed by atoms with E-state index >= 15 is 0 Å². The zero-order chi connectivity index (χ0) is 15.0. The summed E-state index contributed by atoms with van der Waals surface area (Å²) in [6.45, 7) is 4.70. The summed E-state index contributed by atoms with van der Waals surface area (Å²) in [4.78, 5) is 11.9. The summed E-state index contributed by atoms with van der Waals surface area (Å²) < 4.78 is 26.2. The van der Waals surface area contributed by atoms with Gasteiger partial charge in [-0.2, -0.15) is 0 Å². The minimum absolute atomic E-state index is 0.0561. The highest BCUT2D eigenvalue weighted by molar-refractivity contribution is 7.89. The molecule has 0 saturated carbocycles. The third-order valence-corrected chi connectivity index (χ3v) is 3.91. The number of hydrogen-bond acceptors (Lipinski definition) is 4. The van der Waals surface area contributed by atoms with E-state index in [1.165, 1.54) is 24.3 Å². The molecule has 1 aromatic rings. The summed E-state index contributed by atoms with van der Waals surface area (Å²) in [5.41, 5.74) is 0.308. The first-order valence-corrected chi connectivity index (χ1v) is 7.63. The summed E-state index contributed by atoms with van der Waals surface area (Å²) in [6, 6.07) is 5.90. The molecule has 0 saturated heterocycles. The molecule has 110 valence electrons. The lowest BCUT2D eigenvalue weighted by Gasteiger charge is -2.08. The minimum Gasteiger partial charge on any atom is -0.351 e. The quantitative estimate of drug-likeness (QED) is 0.469. The molecule has 0 fully saturated rings. The van der Waals surface area contributed by atoms with Crippen molar-refractivity contribution in [1.29, 1.82) is 0 Å². The number of hydrogen-bond donors (Lipinski definition) is 3. The molecule has 7 heteroatoms. The number of benzene rings is 1. The second kappa shape index (κ2) is 7.78. The molecule has 6 nitrogen and oxygen atoms in total. The van der Waals surface area contributed by atoms with Crippen molar-refractivity contribution in [3.63, 3.8) is 0 Å².